The van der Waals surface area contributed by atoms with E-state index in [1.165, 1.54) is 4.88 Å². The Morgan fingerprint density at radius 3 is 2.83 bits per heavy atom. The first-order valence-electron chi connectivity index (χ1n) is 7.72. The molecule has 1 aromatic carbocycles. The van der Waals surface area contributed by atoms with E-state index in [1.807, 2.05) is 30.3 Å². The van der Waals surface area contributed by atoms with Crippen LogP contribution in [0.2, 0.25) is 0 Å². The fourth-order valence-electron chi connectivity index (χ4n) is 2.97. The van der Waals surface area contributed by atoms with Crippen molar-refractivity contribution in [2.75, 3.05) is 6.54 Å². The van der Waals surface area contributed by atoms with E-state index in [0.717, 1.165) is 36.3 Å². The molecule has 0 amide bonds. The number of nitrogens with zero attached hydrogens (tertiary/aromatic N) is 2. The molecule has 0 spiro atoms. The van der Waals surface area contributed by atoms with Gasteiger partial charge in [0.2, 0.25) is 0 Å². The zero-order valence-corrected chi connectivity index (χ0v) is 13.5. The van der Waals surface area contributed by atoms with Gasteiger partial charge in [0.15, 0.2) is 0 Å². The van der Waals surface area contributed by atoms with Crippen molar-refractivity contribution in [3.8, 4) is 11.4 Å². The van der Waals surface area contributed by atoms with Crippen LogP contribution in [0.15, 0.2) is 52.6 Å². The first-order chi connectivity index (χ1) is 11.3. The number of thiophene rings is 1. The molecule has 3 heterocycles. The van der Waals surface area contributed by atoms with E-state index in [0.29, 0.717) is 12.4 Å². The van der Waals surface area contributed by atoms with Gasteiger partial charge in [0.1, 0.15) is 5.82 Å². The predicted octanol–water partition coefficient (Wildman–Crippen LogP) is 3.06. The number of hydrogen-bond acceptors (Lipinski definition) is 4. The highest BCUT2D eigenvalue weighted by atomic mass is 32.1. The molecule has 0 aliphatic carbocycles. The van der Waals surface area contributed by atoms with Gasteiger partial charge >= 0.3 is 0 Å². The van der Waals surface area contributed by atoms with E-state index in [2.05, 4.69) is 27.4 Å². The first-order valence-corrected chi connectivity index (χ1v) is 8.60. The lowest BCUT2D eigenvalue weighted by Crippen LogP contribution is -2.35. The smallest absolute Gasteiger partial charge is 0.255 e. The van der Waals surface area contributed by atoms with Crippen LogP contribution in [0, 0.1) is 0 Å². The molecule has 1 aliphatic heterocycles. The molecule has 4 rings (SSSR count). The van der Waals surface area contributed by atoms with Crippen molar-refractivity contribution in [3.63, 3.8) is 0 Å². The van der Waals surface area contributed by atoms with E-state index >= 15 is 0 Å². The Kier molecular flexibility index (Phi) is 3.81. The SMILES string of the molecule is O=c1[nH]c(-c2ccccc2)nc2c1CN(Cc1cccs1)CC2. The minimum absolute atomic E-state index is 0.00951. The summed E-state index contributed by atoms with van der Waals surface area (Å²) in [5.74, 6) is 0.668. The molecule has 0 bridgehead atoms. The van der Waals surface area contributed by atoms with Crippen LogP contribution in [0.25, 0.3) is 11.4 Å². The van der Waals surface area contributed by atoms with Gasteiger partial charge in [-0.15, -0.1) is 11.3 Å². The standard InChI is InChI=1S/C18H17N3OS/c22-18-15-12-21(11-14-7-4-10-23-14)9-8-16(15)19-17(20-18)13-5-2-1-3-6-13/h1-7,10H,8-9,11-12H2,(H,19,20,22). The number of rotatable bonds is 3. The normalized spacial score (nSPS) is 14.6. The lowest BCUT2D eigenvalue weighted by molar-refractivity contribution is 0.244. The van der Waals surface area contributed by atoms with Crippen molar-refractivity contribution in [1.82, 2.24) is 14.9 Å². The highest BCUT2D eigenvalue weighted by Crippen LogP contribution is 2.20. The van der Waals surface area contributed by atoms with E-state index in [1.54, 1.807) is 11.3 Å². The highest BCUT2D eigenvalue weighted by Gasteiger charge is 2.21. The third-order valence-corrected chi connectivity index (χ3v) is 5.02. The lowest BCUT2D eigenvalue weighted by Gasteiger charge is -2.27. The van der Waals surface area contributed by atoms with Gasteiger partial charge in [-0.2, -0.15) is 0 Å². The maximum absolute atomic E-state index is 12.5. The van der Waals surface area contributed by atoms with Crippen molar-refractivity contribution in [2.45, 2.75) is 19.5 Å². The average Bonchev–Trinajstić information content (AvgIpc) is 3.09. The first kappa shape index (κ1) is 14.4. The molecule has 0 radical (unpaired) electrons. The van der Waals surface area contributed by atoms with Gasteiger partial charge in [-0.1, -0.05) is 36.4 Å². The number of fused-ring (bicyclic) bond motifs is 1. The monoisotopic (exact) mass is 323 g/mol. The summed E-state index contributed by atoms with van der Waals surface area (Å²) in [4.78, 5) is 23.8. The number of hydrogen-bond donors (Lipinski definition) is 1. The topological polar surface area (TPSA) is 49.0 Å². The lowest BCUT2D eigenvalue weighted by atomic mass is 10.1. The Bertz CT molecular complexity index is 856. The van der Waals surface area contributed by atoms with Crippen molar-refractivity contribution in [3.05, 3.63) is 74.3 Å². The summed E-state index contributed by atoms with van der Waals surface area (Å²) >= 11 is 1.76. The minimum atomic E-state index is -0.00951. The van der Waals surface area contributed by atoms with Crippen molar-refractivity contribution in [2.24, 2.45) is 0 Å². The second-order valence-electron chi connectivity index (χ2n) is 5.75. The Morgan fingerprint density at radius 1 is 1.17 bits per heavy atom. The van der Waals surface area contributed by atoms with Crippen LogP contribution < -0.4 is 5.56 Å². The highest BCUT2D eigenvalue weighted by molar-refractivity contribution is 7.09. The summed E-state index contributed by atoms with van der Waals surface area (Å²) in [6, 6.07) is 14.0. The third kappa shape index (κ3) is 2.98. The molecule has 1 aliphatic rings. The zero-order chi connectivity index (χ0) is 15.6. The zero-order valence-electron chi connectivity index (χ0n) is 12.7. The third-order valence-electron chi connectivity index (χ3n) is 4.15. The Labute approximate surface area is 138 Å². The van der Waals surface area contributed by atoms with Crippen molar-refractivity contribution >= 4 is 11.3 Å². The van der Waals surface area contributed by atoms with E-state index in [4.69, 9.17) is 4.98 Å². The fraction of sp³-hybridized carbons (Fsp3) is 0.222. The average molecular weight is 323 g/mol. The maximum Gasteiger partial charge on any atom is 0.255 e. The van der Waals surface area contributed by atoms with Gasteiger partial charge in [-0.3, -0.25) is 9.69 Å². The van der Waals surface area contributed by atoms with Crippen molar-refractivity contribution in [1.29, 1.82) is 0 Å². The molecule has 0 fully saturated rings. The molecule has 0 atom stereocenters. The summed E-state index contributed by atoms with van der Waals surface area (Å²) in [6.45, 7) is 2.51. The van der Waals surface area contributed by atoms with Gasteiger partial charge in [0, 0.05) is 36.5 Å². The van der Waals surface area contributed by atoms with Crippen molar-refractivity contribution < 1.29 is 0 Å². The molecule has 5 heteroatoms. The largest absolute Gasteiger partial charge is 0.306 e. The second-order valence-corrected chi connectivity index (χ2v) is 6.78. The summed E-state index contributed by atoms with van der Waals surface area (Å²) in [6.07, 6.45) is 0.824. The van der Waals surface area contributed by atoms with Gasteiger partial charge in [0.25, 0.3) is 5.56 Å². The van der Waals surface area contributed by atoms with E-state index in [9.17, 15) is 4.79 Å². The number of nitrogens with one attached hydrogen (secondary N) is 1. The van der Waals surface area contributed by atoms with Crippen LogP contribution in [0.3, 0.4) is 0 Å². The van der Waals surface area contributed by atoms with Crippen LogP contribution in [-0.4, -0.2) is 21.4 Å². The number of aromatic amines is 1. The molecule has 4 nitrogen and oxygen atoms in total. The number of benzene rings is 1. The van der Waals surface area contributed by atoms with Gasteiger partial charge in [-0.25, -0.2) is 4.98 Å². The molecule has 1 N–H and O–H groups in total. The summed E-state index contributed by atoms with van der Waals surface area (Å²) in [5.41, 5.74) is 2.70. The van der Waals surface area contributed by atoms with Gasteiger partial charge in [0.05, 0.1) is 11.3 Å². The number of H-pyrrole nitrogens is 1. The van der Waals surface area contributed by atoms with Crippen LogP contribution in [0.5, 0.6) is 0 Å². The van der Waals surface area contributed by atoms with Crippen LogP contribution in [0.4, 0.5) is 0 Å². The number of aromatic nitrogens is 2. The molecular weight excluding hydrogens is 306 g/mol. The Morgan fingerprint density at radius 2 is 2.04 bits per heavy atom. The fourth-order valence-corrected chi connectivity index (χ4v) is 3.72. The Hall–Kier alpha value is -2.24. The Balaban J connectivity index is 1.62. The van der Waals surface area contributed by atoms with Crippen LogP contribution >= 0.6 is 11.3 Å². The molecule has 116 valence electrons. The molecular formula is C18H17N3OS. The van der Waals surface area contributed by atoms with Crippen LogP contribution in [-0.2, 0) is 19.5 Å². The van der Waals surface area contributed by atoms with Gasteiger partial charge < -0.3 is 4.98 Å². The molecule has 23 heavy (non-hydrogen) atoms. The van der Waals surface area contributed by atoms with E-state index in [-0.39, 0.29) is 5.56 Å². The quantitative estimate of drug-likeness (QED) is 0.806. The van der Waals surface area contributed by atoms with Crippen LogP contribution in [0.1, 0.15) is 16.1 Å². The summed E-state index contributed by atoms with van der Waals surface area (Å²) < 4.78 is 0. The molecule has 0 saturated carbocycles. The second kappa shape index (κ2) is 6.10. The molecule has 2 aromatic heterocycles. The maximum atomic E-state index is 12.5. The summed E-state index contributed by atoms with van der Waals surface area (Å²) in [5, 5.41) is 2.09. The molecule has 3 aromatic rings. The predicted molar refractivity (Wildman–Crippen MR) is 92.4 cm³/mol. The van der Waals surface area contributed by atoms with Gasteiger partial charge in [-0.05, 0) is 11.4 Å². The minimum Gasteiger partial charge on any atom is -0.306 e. The molecule has 0 saturated heterocycles. The van der Waals surface area contributed by atoms with E-state index < -0.39 is 0 Å². The molecule has 0 unspecified atom stereocenters. The summed E-state index contributed by atoms with van der Waals surface area (Å²) in [7, 11) is 0.